The quantitative estimate of drug-likeness (QED) is 0.901. The molecule has 7 heteroatoms. The molecule has 0 radical (unpaired) electrons. The van der Waals surface area contributed by atoms with E-state index in [1.807, 2.05) is 19.0 Å². The lowest BCUT2D eigenvalue weighted by Gasteiger charge is -2.32. The van der Waals surface area contributed by atoms with Crippen LogP contribution in [0.2, 0.25) is 0 Å². The van der Waals surface area contributed by atoms with Crippen molar-refractivity contribution in [3.05, 3.63) is 0 Å². The summed E-state index contributed by atoms with van der Waals surface area (Å²) < 4.78 is 0.877. The third-order valence-corrected chi connectivity index (χ3v) is 6.36. The normalized spacial score (nSPS) is 26.4. The van der Waals surface area contributed by atoms with Crippen molar-refractivity contribution in [2.24, 2.45) is 11.8 Å². The predicted octanol–water partition coefficient (Wildman–Crippen LogP) is 2.98. The Bertz CT molecular complexity index is 464. The minimum Gasteiger partial charge on any atom is -0.481 e. The van der Waals surface area contributed by atoms with Crippen LogP contribution in [0.5, 0.6) is 0 Å². The summed E-state index contributed by atoms with van der Waals surface area (Å²) in [6, 6.07) is 0. The molecule has 0 saturated heterocycles. The lowest BCUT2D eigenvalue weighted by Crippen LogP contribution is -2.32. The fourth-order valence-corrected chi connectivity index (χ4v) is 4.98. The number of carboxylic acids is 1. The maximum Gasteiger partial charge on any atom is 0.307 e. The lowest BCUT2D eigenvalue weighted by molar-refractivity contribution is -0.142. The van der Waals surface area contributed by atoms with Gasteiger partial charge in [-0.15, -0.1) is 10.2 Å². The van der Waals surface area contributed by atoms with Crippen molar-refractivity contribution in [1.29, 1.82) is 0 Å². The molecule has 0 bridgehead atoms. The van der Waals surface area contributed by atoms with Gasteiger partial charge in [0.2, 0.25) is 5.13 Å². The monoisotopic (exact) mass is 315 g/mol. The highest BCUT2D eigenvalue weighted by molar-refractivity contribution is 8.01. The van der Waals surface area contributed by atoms with Gasteiger partial charge in [0.15, 0.2) is 4.34 Å². The summed E-state index contributed by atoms with van der Waals surface area (Å²) in [5.74, 6) is -0.284. The molecule has 1 N–H and O–H groups in total. The highest BCUT2D eigenvalue weighted by Gasteiger charge is 2.35. The van der Waals surface area contributed by atoms with Gasteiger partial charge >= 0.3 is 5.97 Å². The van der Waals surface area contributed by atoms with E-state index < -0.39 is 5.97 Å². The number of rotatable bonds is 5. The Labute approximate surface area is 127 Å². The van der Waals surface area contributed by atoms with Crippen LogP contribution in [0.1, 0.15) is 32.6 Å². The van der Waals surface area contributed by atoms with E-state index in [-0.39, 0.29) is 11.2 Å². The van der Waals surface area contributed by atoms with Crippen LogP contribution in [0.4, 0.5) is 5.13 Å². The van der Waals surface area contributed by atoms with E-state index in [0.29, 0.717) is 5.92 Å². The minimum absolute atomic E-state index is 0.120. The maximum atomic E-state index is 11.4. The van der Waals surface area contributed by atoms with E-state index in [0.717, 1.165) is 35.2 Å². The van der Waals surface area contributed by atoms with Crippen LogP contribution in [0.25, 0.3) is 0 Å². The van der Waals surface area contributed by atoms with E-state index in [4.69, 9.17) is 0 Å². The summed E-state index contributed by atoms with van der Waals surface area (Å²) in [4.78, 5) is 13.3. The van der Waals surface area contributed by atoms with E-state index in [2.05, 4.69) is 17.1 Å². The first-order valence-electron chi connectivity index (χ1n) is 6.91. The van der Waals surface area contributed by atoms with Crippen LogP contribution in [-0.2, 0) is 4.79 Å². The molecular formula is C13H21N3O2S2. The van der Waals surface area contributed by atoms with Crippen molar-refractivity contribution >= 4 is 34.2 Å². The molecule has 5 nitrogen and oxygen atoms in total. The maximum absolute atomic E-state index is 11.4. The summed E-state index contributed by atoms with van der Waals surface area (Å²) in [7, 11) is 3.87. The van der Waals surface area contributed by atoms with E-state index >= 15 is 0 Å². The molecule has 1 aromatic heterocycles. The van der Waals surface area contributed by atoms with Crippen molar-refractivity contribution in [3.8, 4) is 0 Å². The zero-order chi connectivity index (χ0) is 14.7. The molecule has 1 fully saturated rings. The van der Waals surface area contributed by atoms with Gasteiger partial charge in [0.1, 0.15) is 0 Å². The number of hydrogen-bond donors (Lipinski definition) is 1. The summed E-state index contributed by atoms with van der Waals surface area (Å²) in [5.41, 5.74) is 0. The van der Waals surface area contributed by atoms with Crippen LogP contribution in [0.3, 0.4) is 0 Å². The van der Waals surface area contributed by atoms with Gasteiger partial charge in [-0.05, 0) is 25.2 Å². The molecule has 0 amide bonds. The molecule has 3 atom stereocenters. The van der Waals surface area contributed by atoms with Crippen LogP contribution in [0.15, 0.2) is 4.34 Å². The molecule has 0 spiro atoms. The Hall–Kier alpha value is -0.820. The van der Waals surface area contributed by atoms with Gasteiger partial charge in [-0.2, -0.15) is 0 Å². The van der Waals surface area contributed by atoms with Gasteiger partial charge in [0.25, 0.3) is 0 Å². The van der Waals surface area contributed by atoms with Crippen molar-refractivity contribution in [2.75, 3.05) is 19.0 Å². The third kappa shape index (κ3) is 3.63. The van der Waals surface area contributed by atoms with Crippen LogP contribution >= 0.6 is 23.1 Å². The molecule has 2 rings (SSSR count). The number of carbonyl (C=O) groups is 1. The molecule has 1 saturated carbocycles. The Morgan fingerprint density at radius 3 is 2.75 bits per heavy atom. The minimum atomic E-state index is -0.672. The second-order valence-electron chi connectivity index (χ2n) is 5.43. The SMILES string of the molecule is CCC1CCC(C(=O)O)C(Sc2nnc(N(C)C)s2)C1. The molecule has 3 unspecified atom stereocenters. The number of aliphatic carboxylic acids is 1. The van der Waals surface area contributed by atoms with Gasteiger partial charge in [0, 0.05) is 19.3 Å². The van der Waals surface area contributed by atoms with E-state index in [1.54, 1.807) is 11.8 Å². The number of nitrogens with zero attached hydrogens (tertiary/aromatic N) is 3. The zero-order valence-electron chi connectivity index (χ0n) is 12.1. The molecule has 1 aliphatic rings. The van der Waals surface area contributed by atoms with Gasteiger partial charge in [0.05, 0.1) is 5.92 Å². The number of carboxylic acid groups (broad SMARTS) is 1. The topological polar surface area (TPSA) is 66.3 Å². The molecule has 112 valence electrons. The van der Waals surface area contributed by atoms with Crippen LogP contribution in [0, 0.1) is 11.8 Å². The smallest absolute Gasteiger partial charge is 0.307 e. The number of hydrogen-bond acceptors (Lipinski definition) is 6. The molecule has 1 aromatic rings. The second kappa shape index (κ2) is 6.76. The van der Waals surface area contributed by atoms with Crippen LogP contribution < -0.4 is 4.90 Å². The third-order valence-electron chi connectivity index (χ3n) is 3.83. The molecule has 20 heavy (non-hydrogen) atoms. The highest BCUT2D eigenvalue weighted by Crippen LogP contribution is 2.42. The first-order chi connectivity index (χ1) is 9.51. The fraction of sp³-hybridized carbons (Fsp3) is 0.769. The number of aromatic nitrogens is 2. The fourth-order valence-electron chi connectivity index (χ4n) is 2.56. The van der Waals surface area contributed by atoms with Gasteiger partial charge in [-0.1, -0.05) is 36.4 Å². The Balaban J connectivity index is 2.07. The van der Waals surface area contributed by atoms with Crippen molar-refractivity contribution in [2.45, 2.75) is 42.2 Å². The molecular weight excluding hydrogens is 294 g/mol. The molecule has 0 aliphatic heterocycles. The van der Waals surface area contributed by atoms with Crippen molar-refractivity contribution < 1.29 is 9.90 Å². The Morgan fingerprint density at radius 2 is 2.20 bits per heavy atom. The van der Waals surface area contributed by atoms with Crippen molar-refractivity contribution in [3.63, 3.8) is 0 Å². The predicted molar refractivity (Wildman–Crippen MR) is 82.6 cm³/mol. The zero-order valence-corrected chi connectivity index (χ0v) is 13.7. The molecule has 1 aliphatic carbocycles. The molecule has 0 aromatic carbocycles. The Kier molecular flexibility index (Phi) is 5.26. The Morgan fingerprint density at radius 1 is 1.45 bits per heavy atom. The van der Waals surface area contributed by atoms with Gasteiger partial charge < -0.3 is 10.0 Å². The standard InChI is InChI=1S/C13H21N3O2S2/c1-4-8-5-6-9(11(17)18)10(7-8)19-13-15-14-12(20-13)16(2)3/h8-10H,4-7H2,1-3H3,(H,17,18). The van der Waals surface area contributed by atoms with Gasteiger partial charge in [-0.3, -0.25) is 4.79 Å². The first-order valence-corrected chi connectivity index (χ1v) is 8.61. The lowest BCUT2D eigenvalue weighted by atomic mass is 9.80. The average Bonchev–Trinajstić information content (AvgIpc) is 2.87. The molecule has 1 heterocycles. The van der Waals surface area contributed by atoms with E-state index in [1.165, 1.54) is 11.3 Å². The van der Waals surface area contributed by atoms with E-state index in [9.17, 15) is 9.90 Å². The van der Waals surface area contributed by atoms with Crippen LogP contribution in [-0.4, -0.2) is 40.6 Å². The summed E-state index contributed by atoms with van der Waals surface area (Å²) in [6.07, 6.45) is 3.91. The van der Waals surface area contributed by atoms with Gasteiger partial charge in [-0.25, -0.2) is 0 Å². The summed E-state index contributed by atoms with van der Waals surface area (Å²) in [6.45, 7) is 2.18. The average molecular weight is 315 g/mol. The van der Waals surface area contributed by atoms with Crippen molar-refractivity contribution in [1.82, 2.24) is 10.2 Å². The summed E-state index contributed by atoms with van der Waals surface area (Å²) >= 11 is 3.13. The summed E-state index contributed by atoms with van der Waals surface area (Å²) in [5, 5.41) is 18.7. The largest absolute Gasteiger partial charge is 0.481 e. The second-order valence-corrected chi connectivity index (χ2v) is 7.88. The first kappa shape index (κ1) is 15.6. The number of anilines is 1. The number of thioether (sulfide) groups is 1. The highest BCUT2D eigenvalue weighted by atomic mass is 32.2.